The zero-order valence-corrected chi connectivity index (χ0v) is 19.8. The molecule has 0 radical (unpaired) electrons. The third-order valence-electron chi connectivity index (χ3n) is 7.26. The monoisotopic (exact) mass is 446 g/mol. The molecule has 0 N–H and O–H groups in total. The Balaban J connectivity index is 1.27. The van der Waals surface area contributed by atoms with Gasteiger partial charge >= 0.3 is 0 Å². The minimum absolute atomic E-state index is 0.0747. The number of pyridine rings is 2. The Morgan fingerprint density at radius 2 is 1.97 bits per heavy atom. The van der Waals surface area contributed by atoms with Crippen molar-refractivity contribution in [3.05, 3.63) is 53.2 Å². The maximum absolute atomic E-state index is 13.6. The summed E-state index contributed by atoms with van der Waals surface area (Å²) in [7, 11) is 1.96. The third kappa shape index (κ3) is 4.64. The highest BCUT2D eigenvalue weighted by molar-refractivity contribution is 6.04. The molecule has 0 aromatic carbocycles. The summed E-state index contributed by atoms with van der Waals surface area (Å²) in [6, 6.07) is 8.28. The van der Waals surface area contributed by atoms with E-state index in [2.05, 4.69) is 20.5 Å². The summed E-state index contributed by atoms with van der Waals surface area (Å²) in [6.07, 6.45) is 9.33. The maximum atomic E-state index is 13.6. The summed E-state index contributed by atoms with van der Waals surface area (Å²) in [5.74, 6) is 1.16. The largest absolute Gasteiger partial charge is 0.339 e. The summed E-state index contributed by atoms with van der Waals surface area (Å²) in [6.45, 7) is 5.97. The number of aryl methyl sites for hydroxylation is 3. The van der Waals surface area contributed by atoms with Gasteiger partial charge < -0.3 is 14.4 Å². The predicted molar refractivity (Wildman–Crippen MR) is 129 cm³/mol. The van der Waals surface area contributed by atoms with Crippen LogP contribution in [0.25, 0.3) is 11.2 Å². The number of hydrogen-bond donors (Lipinski definition) is 0. The number of piperidine rings is 1. The molecule has 174 valence electrons. The number of hydrogen-bond acceptors (Lipinski definition) is 5. The van der Waals surface area contributed by atoms with Crippen molar-refractivity contribution in [3.8, 4) is 0 Å². The van der Waals surface area contributed by atoms with E-state index in [1.807, 2.05) is 43.3 Å². The van der Waals surface area contributed by atoms with E-state index >= 15 is 0 Å². The van der Waals surface area contributed by atoms with Crippen LogP contribution in [0.1, 0.15) is 59.7 Å². The second-order valence-electron chi connectivity index (χ2n) is 9.53. The van der Waals surface area contributed by atoms with Gasteiger partial charge in [0.25, 0.3) is 5.91 Å². The first-order chi connectivity index (χ1) is 16.1. The van der Waals surface area contributed by atoms with Gasteiger partial charge in [0.1, 0.15) is 11.3 Å². The van der Waals surface area contributed by atoms with Gasteiger partial charge in [-0.25, -0.2) is 9.97 Å². The molecule has 0 atom stereocenters. The van der Waals surface area contributed by atoms with E-state index < -0.39 is 0 Å². The number of carbonyl (C=O) groups is 1. The first-order valence-electron chi connectivity index (χ1n) is 12.4. The molecule has 0 aliphatic carbocycles. The van der Waals surface area contributed by atoms with Gasteiger partial charge in [-0.1, -0.05) is 12.5 Å². The normalized spacial score (nSPS) is 17.6. The molecule has 0 bridgehead atoms. The van der Waals surface area contributed by atoms with Crippen LogP contribution in [0, 0.1) is 6.92 Å². The summed E-state index contributed by atoms with van der Waals surface area (Å²) >= 11 is 0. The van der Waals surface area contributed by atoms with Crippen molar-refractivity contribution in [1.29, 1.82) is 0 Å². The van der Waals surface area contributed by atoms with E-state index in [9.17, 15) is 4.79 Å². The van der Waals surface area contributed by atoms with Crippen molar-refractivity contribution in [1.82, 2.24) is 29.3 Å². The molecule has 33 heavy (non-hydrogen) atoms. The first kappa shape index (κ1) is 22.0. The summed E-state index contributed by atoms with van der Waals surface area (Å²) in [5, 5.41) is 0. The zero-order chi connectivity index (χ0) is 22.8. The molecular weight excluding hydrogens is 412 g/mol. The van der Waals surface area contributed by atoms with Crippen LogP contribution in [0.4, 0.5) is 0 Å². The van der Waals surface area contributed by atoms with E-state index in [0.29, 0.717) is 5.56 Å². The Hall–Kier alpha value is -2.80. The minimum atomic E-state index is 0.0747. The number of fused-ring (bicyclic) bond motifs is 3. The molecule has 7 nitrogen and oxygen atoms in total. The van der Waals surface area contributed by atoms with Crippen molar-refractivity contribution in [2.75, 3.05) is 26.7 Å². The molecule has 1 amide bonds. The Kier molecular flexibility index (Phi) is 6.40. The average Bonchev–Trinajstić information content (AvgIpc) is 3.02. The van der Waals surface area contributed by atoms with Crippen molar-refractivity contribution in [3.63, 3.8) is 0 Å². The van der Waals surface area contributed by atoms with Gasteiger partial charge in [0.15, 0.2) is 5.65 Å². The molecule has 0 saturated carbocycles. The van der Waals surface area contributed by atoms with Crippen LogP contribution >= 0.6 is 0 Å². The lowest BCUT2D eigenvalue weighted by molar-refractivity contribution is 0.0645. The molecule has 5 rings (SSSR count). The lowest BCUT2D eigenvalue weighted by Gasteiger charge is -2.36. The Morgan fingerprint density at radius 1 is 1.12 bits per heavy atom. The third-order valence-corrected chi connectivity index (χ3v) is 7.26. The van der Waals surface area contributed by atoms with E-state index in [4.69, 9.17) is 9.97 Å². The van der Waals surface area contributed by atoms with Crippen molar-refractivity contribution < 1.29 is 4.79 Å². The van der Waals surface area contributed by atoms with Crippen LogP contribution in [-0.4, -0.2) is 67.9 Å². The highest BCUT2D eigenvalue weighted by atomic mass is 16.2. The van der Waals surface area contributed by atoms with Crippen LogP contribution in [-0.2, 0) is 19.4 Å². The van der Waals surface area contributed by atoms with Crippen LogP contribution in [0.2, 0.25) is 0 Å². The highest BCUT2D eigenvalue weighted by Crippen LogP contribution is 2.26. The van der Waals surface area contributed by atoms with Gasteiger partial charge in [-0.3, -0.25) is 9.78 Å². The molecule has 0 spiro atoms. The van der Waals surface area contributed by atoms with Gasteiger partial charge in [0.2, 0.25) is 0 Å². The fourth-order valence-electron chi connectivity index (χ4n) is 5.28. The van der Waals surface area contributed by atoms with Gasteiger partial charge in [-0.2, -0.15) is 0 Å². The number of nitrogens with zero attached hydrogens (tertiary/aromatic N) is 6. The Morgan fingerprint density at radius 3 is 2.76 bits per heavy atom. The lowest BCUT2D eigenvalue weighted by atomic mass is 10.0. The molecule has 2 aliphatic rings. The van der Waals surface area contributed by atoms with E-state index in [1.165, 1.54) is 6.42 Å². The molecule has 3 aromatic rings. The highest BCUT2D eigenvalue weighted by Gasteiger charge is 2.28. The topological polar surface area (TPSA) is 67.2 Å². The molecule has 5 heterocycles. The molecule has 0 unspecified atom stereocenters. The number of rotatable bonds is 5. The Labute approximate surface area is 195 Å². The van der Waals surface area contributed by atoms with Crippen LogP contribution in [0.15, 0.2) is 30.5 Å². The summed E-state index contributed by atoms with van der Waals surface area (Å²) in [5.41, 5.74) is 4.39. The molecule has 3 aromatic heterocycles. The molecule has 1 saturated heterocycles. The molecule has 2 aliphatic heterocycles. The standard InChI is InChI=1S/C26H34N6O/c1-19-18-22(24-25(28-19)32-14-7-3-4-9-23(32)29-24)26(33)30(2)21-11-16-31(17-12-21)15-10-20-8-5-6-13-27-20/h5-6,8,13,18,21H,3-4,7,9-12,14-17H2,1-2H3. The van der Waals surface area contributed by atoms with E-state index in [-0.39, 0.29) is 11.9 Å². The summed E-state index contributed by atoms with van der Waals surface area (Å²) in [4.78, 5) is 32.2. The maximum Gasteiger partial charge on any atom is 0.256 e. The number of aromatic nitrogens is 4. The average molecular weight is 447 g/mol. The fourth-order valence-corrected chi connectivity index (χ4v) is 5.28. The van der Waals surface area contributed by atoms with Gasteiger partial charge in [-0.15, -0.1) is 0 Å². The lowest BCUT2D eigenvalue weighted by Crippen LogP contribution is -2.46. The number of carbonyl (C=O) groups excluding carboxylic acids is 1. The predicted octanol–water partition coefficient (Wildman–Crippen LogP) is 3.64. The van der Waals surface area contributed by atoms with Gasteiger partial charge in [-0.05, 0) is 50.8 Å². The van der Waals surface area contributed by atoms with Crippen LogP contribution in [0.3, 0.4) is 0 Å². The van der Waals surface area contributed by atoms with Crippen LogP contribution < -0.4 is 0 Å². The molecular formula is C26H34N6O. The minimum Gasteiger partial charge on any atom is -0.339 e. The Bertz CT molecular complexity index is 1120. The SMILES string of the molecule is Cc1cc(C(=O)N(C)C2CCN(CCc3ccccn3)CC2)c2nc3n(c2n1)CCCCC3. The summed E-state index contributed by atoms with van der Waals surface area (Å²) < 4.78 is 2.24. The van der Waals surface area contributed by atoms with Gasteiger partial charge in [0, 0.05) is 69.7 Å². The number of likely N-dealkylation sites (tertiary alicyclic amines) is 1. The van der Waals surface area contributed by atoms with Crippen LogP contribution in [0.5, 0.6) is 0 Å². The molecule has 7 heteroatoms. The first-order valence-corrected chi connectivity index (χ1v) is 12.4. The molecule has 1 fully saturated rings. The second-order valence-corrected chi connectivity index (χ2v) is 9.53. The van der Waals surface area contributed by atoms with E-state index in [1.54, 1.807) is 0 Å². The number of imidazole rings is 1. The van der Waals surface area contributed by atoms with E-state index in [0.717, 1.165) is 93.1 Å². The second kappa shape index (κ2) is 9.59. The number of amides is 1. The van der Waals surface area contributed by atoms with Crippen molar-refractivity contribution in [2.24, 2.45) is 0 Å². The van der Waals surface area contributed by atoms with Crippen molar-refractivity contribution >= 4 is 17.1 Å². The quantitative estimate of drug-likeness (QED) is 0.599. The van der Waals surface area contributed by atoms with Crippen molar-refractivity contribution in [2.45, 2.75) is 64.5 Å². The van der Waals surface area contributed by atoms with Gasteiger partial charge in [0.05, 0.1) is 5.56 Å². The zero-order valence-electron chi connectivity index (χ0n) is 19.8. The fraction of sp³-hybridized carbons (Fsp3) is 0.538. The smallest absolute Gasteiger partial charge is 0.256 e.